The molecular formula is C17H19Cl2F2N3O2. The predicted molar refractivity (Wildman–Crippen MR) is 95.7 cm³/mol. The van der Waals surface area contributed by atoms with Crippen molar-refractivity contribution in [2.45, 2.75) is 32.7 Å². The summed E-state index contributed by atoms with van der Waals surface area (Å²) >= 11 is 12.5. The summed E-state index contributed by atoms with van der Waals surface area (Å²) in [6.45, 7) is 3.58. The van der Waals surface area contributed by atoms with Gasteiger partial charge in [0.1, 0.15) is 5.69 Å². The van der Waals surface area contributed by atoms with Crippen molar-refractivity contribution in [1.82, 2.24) is 14.8 Å². The van der Waals surface area contributed by atoms with Gasteiger partial charge in [0, 0.05) is 23.3 Å². The number of amides is 1. The molecule has 0 saturated heterocycles. The lowest BCUT2D eigenvalue weighted by Crippen LogP contribution is -2.39. The molecule has 1 unspecified atom stereocenters. The lowest BCUT2D eigenvalue weighted by Gasteiger charge is -2.27. The molecule has 0 fully saturated rings. The molecule has 0 radical (unpaired) electrons. The molecule has 0 aliphatic carbocycles. The van der Waals surface area contributed by atoms with Gasteiger partial charge in [-0.2, -0.15) is 5.10 Å². The van der Waals surface area contributed by atoms with Gasteiger partial charge in [0.25, 0.3) is 12.3 Å². The second-order valence-corrected chi connectivity index (χ2v) is 6.79. The minimum Gasteiger partial charge on any atom is -0.275 e. The van der Waals surface area contributed by atoms with Gasteiger partial charge >= 0.3 is 0 Å². The summed E-state index contributed by atoms with van der Waals surface area (Å²) in [5, 5.41) is 5.62. The Balaban J connectivity index is 2.29. The Morgan fingerprint density at radius 2 is 1.92 bits per heavy atom. The zero-order valence-corrected chi connectivity index (χ0v) is 16.3. The summed E-state index contributed by atoms with van der Waals surface area (Å²) in [7, 11) is 2.76. The molecule has 2 rings (SSSR count). The van der Waals surface area contributed by atoms with Gasteiger partial charge in [0.15, 0.2) is 0 Å². The lowest BCUT2D eigenvalue weighted by atomic mass is 10.0. The van der Waals surface area contributed by atoms with Crippen LogP contribution in [0.4, 0.5) is 8.78 Å². The van der Waals surface area contributed by atoms with Crippen LogP contribution < -0.4 is 0 Å². The second-order valence-electron chi connectivity index (χ2n) is 5.98. The number of carbonyl (C=O) groups is 1. The van der Waals surface area contributed by atoms with E-state index in [1.54, 1.807) is 19.1 Å². The van der Waals surface area contributed by atoms with Crippen LogP contribution in [0.25, 0.3) is 0 Å². The Kier molecular flexibility index (Phi) is 6.60. The van der Waals surface area contributed by atoms with E-state index >= 15 is 0 Å². The van der Waals surface area contributed by atoms with E-state index in [2.05, 4.69) is 5.10 Å². The van der Waals surface area contributed by atoms with Crippen LogP contribution in [0.2, 0.25) is 10.0 Å². The minimum atomic E-state index is -2.87. The molecule has 0 saturated carbocycles. The number of alkyl halides is 2. The van der Waals surface area contributed by atoms with Crippen molar-refractivity contribution in [3.05, 3.63) is 50.8 Å². The van der Waals surface area contributed by atoms with E-state index in [1.165, 1.54) is 25.0 Å². The van der Waals surface area contributed by atoms with Gasteiger partial charge in [-0.3, -0.25) is 14.3 Å². The number of nitrogens with zero attached hydrogens (tertiary/aromatic N) is 3. The number of halogens is 4. The number of hydroxylamine groups is 2. The van der Waals surface area contributed by atoms with Gasteiger partial charge in [-0.05, 0) is 43.5 Å². The van der Waals surface area contributed by atoms with Crippen molar-refractivity contribution in [3.8, 4) is 0 Å². The van der Waals surface area contributed by atoms with Gasteiger partial charge in [0.05, 0.1) is 18.7 Å². The van der Waals surface area contributed by atoms with Crippen molar-refractivity contribution < 1.29 is 18.4 Å². The first-order valence-electron chi connectivity index (χ1n) is 7.79. The third-order valence-electron chi connectivity index (χ3n) is 3.88. The number of hydrogen-bond donors (Lipinski definition) is 0. The normalized spacial score (nSPS) is 12.5. The summed E-state index contributed by atoms with van der Waals surface area (Å²) < 4.78 is 27.4. The Morgan fingerprint density at radius 1 is 1.35 bits per heavy atom. The molecule has 1 amide bonds. The maximum Gasteiger partial charge on any atom is 0.282 e. The Bertz CT molecular complexity index is 788. The molecule has 142 valence electrons. The molecule has 9 heteroatoms. The standard InChI is InChI=1S/C17H19Cl2F2N3O2/c1-9-5-13(18)11(14(19)6-9)7-10(2)24(26-4)17(25)12-8-23(3)22-15(12)16(20)21/h5-6,8,10,16H,7H2,1-4H3. The van der Waals surface area contributed by atoms with Crippen molar-refractivity contribution in [1.29, 1.82) is 0 Å². The van der Waals surface area contributed by atoms with Crippen molar-refractivity contribution >= 4 is 29.1 Å². The second kappa shape index (κ2) is 8.33. The molecule has 1 aromatic carbocycles. The molecule has 1 atom stereocenters. The average Bonchev–Trinajstić information content (AvgIpc) is 2.93. The molecule has 5 nitrogen and oxygen atoms in total. The van der Waals surface area contributed by atoms with Gasteiger partial charge in [-0.25, -0.2) is 13.8 Å². The Hall–Kier alpha value is -1.70. The number of carbonyl (C=O) groups excluding carboxylic acids is 1. The molecule has 0 aliphatic rings. The van der Waals surface area contributed by atoms with Crippen molar-refractivity contribution in [3.63, 3.8) is 0 Å². The van der Waals surface area contributed by atoms with E-state index < -0.39 is 24.1 Å². The minimum absolute atomic E-state index is 0.211. The molecule has 0 spiro atoms. The third-order valence-corrected chi connectivity index (χ3v) is 4.55. The zero-order chi connectivity index (χ0) is 19.6. The summed E-state index contributed by atoms with van der Waals surface area (Å²) in [6.07, 6.45) is -1.33. The number of rotatable bonds is 6. The van der Waals surface area contributed by atoms with E-state index in [0.717, 1.165) is 10.6 Å². The van der Waals surface area contributed by atoms with Crippen LogP contribution >= 0.6 is 23.2 Å². The Labute approximate surface area is 160 Å². The number of aryl methyl sites for hydroxylation is 2. The zero-order valence-electron chi connectivity index (χ0n) is 14.8. The van der Waals surface area contributed by atoms with Crippen LogP contribution in [0.3, 0.4) is 0 Å². The molecular weight excluding hydrogens is 387 g/mol. The SMILES string of the molecule is CON(C(=O)c1cn(C)nc1C(F)F)C(C)Cc1c(Cl)cc(C)cc1Cl. The van der Waals surface area contributed by atoms with Crippen LogP contribution in [0.5, 0.6) is 0 Å². The van der Waals surface area contributed by atoms with Crippen molar-refractivity contribution in [2.24, 2.45) is 7.05 Å². The molecule has 26 heavy (non-hydrogen) atoms. The summed E-state index contributed by atoms with van der Waals surface area (Å²) in [6, 6.07) is 3.03. The fourth-order valence-corrected chi connectivity index (χ4v) is 3.47. The maximum absolute atomic E-state index is 13.1. The number of aromatic nitrogens is 2. The Morgan fingerprint density at radius 3 is 2.42 bits per heavy atom. The molecule has 2 aromatic rings. The van der Waals surface area contributed by atoms with Crippen molar-refractivity contribution in [2.75, 3.05) is 7.11 Å². The van der Waals surface area contributed by atoms with E-state index in [-0.39, 0.29) is 5.56 Å². The van der Waals surface area contributed by atoms with Gasteiger partial charge in [-0.1, -0.05) is 23.2 Å². The third kappa shape index (κ3) is 4.34. The first-order chi connectivity index (χ1) is 12.1. The molecule has 1 aromatic heterocycles. The highest BCUT2D eigenvalue weighted by atomic mass is 35.5. The van der Waals surface area contributed by atoms with Crippen LogP contribution in [-0.2, 0) is 18.3 Å². The summed E-state index contributed by atoms with van der Waals surface area (Å²) in [4.78, 5) is 17.9. The quantitative estimate of drug-likeness (QED) is 0.659. The van der Waals surface area contributed by atoms with Crippen LogP contribution in [0.1, 0.15) is 40.5 Å². The summed E-state index contributed by atoms with van der Waals surface area (Å²) in [5.74, 6) is -0.706. The molecule has 0 N–H and O–H groups in total. The molecule has 0 bridgehead atoms. The monoisotopic (exact) mass is 405 g/mol. The smallest absolute Gasteiger partial charge is 0.275 e. The first kappa shape index (κ1) is 20.6. The van der Waals surface area contributed by atoms with Crippen LogP contribution in [0.15, 0.2) is 18.3 Å². The lowest BCUT2D eigenvalue weighted by molar-refractivity contribution is -0.119. The van der Waals surface area contributed by atoms with Crippen LogP contribution in [0, 0.1) is 6.92 Å². The van der Waals surface area contributed by atoms with E-state index in [4.69, 9.17) is 28.0 Å². The number of benzene rings is 1. The molecule has 0 aliphatic heterocycles. The topological polar surface area (TPSA) is 47.4 Å². The van der Waals surface area contributed by atoms with Gasteiger partial charge < -0.3 is 0 Å². The van der Waals surface area contributed by atoms with E-state index in [1.807, 2.05) is 6.92 Å². The highest BCUT2D eigenvalue weighted by Crippen LogP contribution is 2.29. The van der Waals surface area contributed by atoms with Crippen LogP contribution in [-0.4, -0.2) is 33.9 Å². The number of hydrogen-bond acceptors (Lipinski definition) is 3. The predicted octanol–water partition coefficient (Wildman–Crippen LogP) is 4.61. The summed E-state index contributed by atoms with van der Waals surface area (Å²) in [5.41, 5.74) is 0.769. The largest absolute Gasteiger partial charge is 0.282 e. The maximum atomic E-state index is 13.1. The highest BCUT2D eigenvalue weighted by molar-refractivity contribution is 6.36. The highest BCUT2D eigenvalue weighted by Gasteiger charge is 2.30. The average molecular weight is 406 g/mol. The molecule has 1 heterocycles. The fourth-order valence-electron chi connectivity index (χ4n) is 2.72. The first-order valence-corrected chi connectivity index (χ1v) is 8.55. The van der Waals surface area contributed by atoms with E-state index in [9.17, 15) is 13.6 Å². The fraction of sp³-hybridized carbons (Fsp3) is 0.412. The van der Waals surface area contributed by atoms with Gasteiger partial charge in [-0.15, -0.1) is 0 Å². The van der Waals surface area contributed by atoms with Gasteiger partial charge in [0.2, 0.25) is 0 Å². The van der Waals surface area contributed by atoms with E-state index in [0.29, 0.717) is 22.0 Å².